The molecule has 0 fully saturated rings. The van der Waals surface area contributed by atoms with Gasteiger partial charge in [-0.2, -0.15) is 5.10 Å². The quantitative estimate of drug-likeness (QED) is 0.385. The summed E-state index contributed by atoms with van der Waals surface area (Å²) in [4.78, 5) is 16.8. The highest BCUT2D eigenvalue weighted by atomic mass is 19.1. The second kappa shape index (κ2) is 12.3. The lowest BCUT2D eigenvalue weighted by Gasteiger charge is -2.24. The highest BCUT2D eigenvalue weighted by Crippen LogP contribution is 2.27. The number of phenols is 1. The third-order valence-electron chi connectivity index (χ3n) is 6.01. The van der Waals surface area contributed by atoms with Crippen LogP contribution >= 0.6 is 0 Å². The normalized spacial score (nSPS) is 11.2. The molecule has 0 atom stereocenters. The maximum atomic E-state index is 13.6. The van der Waals surface area contributed by atoms with Gasteiger partial charge in [0, 0.05) is 44.5 Å². The number of rotatable bonds is 12. The van der Waals surface area contributed by atoms with Crippen LogP contribution in [0.4, 0.5) is 10.1 Å². The third kappa shape index (κ3) is 6.90. The molecule has 0 unspecified atom stereocenters. The Kier molecular flexibility index (Phi) is 9.22. The minimum absolute atomic E-state index is 0.0622. The van der Waals surface area contributed by atoms with Crippen LogP contribution in [0.1, 0.15) is 38.2 Å². The predicted octanol–water partition coefficient (Wildman–Crippen LogP) is 4.90. The van der Waals surface area contributed by atoms with Gasteiger partial charge in [0.15, 0.2) is 0 Å². The van der Waals surface area contributed by atoms with Crippen LogP contribution in [-0.4, -0.2) is 47.0 Å². The summed E-state index contributed by atoms with van der Waals surface area (Å²) < 4.78 is 15.0. The summed E-state index contributed by atoms with van der Waals surface area (Å²) >= 11 is 0. The summed E-state index contributed by atoms with van der Waals surface area (Å²) in [7, 11) is 4.15. The molecule has 6 nitrogen and oxygen atoms in total. The first kappa shape index (κ1) is 25.4. The first-order valence-electron chi connectivity index (χ1n) is 11.9. The molecule has 0 amide bonds. The molecule has 7 heteroatoms. The summed E-state index contributed by atoms with van der Waals surface area (Å²) in [6, 6.07) is 15.2. The van der Waals surface area contributed by atoms with Crippen molar-refractivity contribution >= 4 is 5.69 Å². The van der Waals surface area contributed by atoms with Gasteiger partial charge in [0.2, 0.25) is 0 Å². The molecule has 0 bridgehead atoms. The van der Waals surface area contributed by atoms with E-state index in [1.807, 2.05) is 0 Å². The molecule has 0 aliphatic heterocycles. The van der Waals surface area contributed by atoms with Crippen LogP contribution in [0.5, 0.6) is 5.75 Å². The van der Waals surface area contributed by atoms with Crippen LogP contribution in [0.3, 0.4) is 0 Å². The van der Waals surface area contributed by atoms with Gasteiger partial charge < -0.3 is 10.0 Å². The van der Waals surface area contributed by atoms with E-state index in [0.717, 1.165) is 45.3 Å². The number of hydrogen-bond acceptors (Lipinski definition) is 5. The number of halogens is 1. The van der Waals surface area contributed by atoms with E-state index in [0.29, 0.717) is 12.2 Å². The number of aromatic hydroxyl groups is 1. The van der Waals surface area contributed by atoms with Gasteiger partial charge in [0.05, 0.1) is 5.69 Å². The highest BCUT2D eigenvalue weighted by molar-refractivity contribution is 5.66. The lowest BCUT2D eigenvalue weighted by atomic mass is 10.1. The van der Waals surface area contributed by atoms with Crippen molar-refractivity contribution < 1.29 is 9.50 Å². The van der Waals surface area contributed by atoms with E-state index < -0.39 is 5.82 Å². The van der Waals surface area contributed by atoms with Crippen molar-refractivity contribution in [2.75, 3.05) is 32.1 Å². The molecule has 1 N–H and O–H groups in total. The van der Waals surface area contributed by atoms with Crippen molar-refractivity contribution in [1.29, 1.82) is 0 Å². The molecule has 0 saturated carbocycles. The molecule has 182 valence electrons. The molecular weight excluding hydrogens is 431 g/mol. The van der Waals surface area contributed by atoms with Gasteiger partial charge in [-0.3, -0.25) is 9.69 Å². The fourth-order valence-electron chi connectivity index (χ4n) is 4.09. The summed E-state index contributed by atoms with van der Waals surface area (Å²) in [5.41, 5.74) is 3.06. The average molecular weight is 467 g/mol. The second-order valence-corrected chi connectivity index (χ2v) is 8.75. The van der Waals surface area contributed by atoms with Crippen molar-refractivity contribution in [2.24, 2.45) is 0 Å². The fraction of sp³-hybridized carbons (Fsp3) is 0.407. The zero-order valence-corrected chi connectivity index (χ0v) is 20.4. The average Bonchev–Trinajstić information content (AvgIpc) is 2.83. The second-order valence-electron chi connectivity index (χ2n) is 8.75. The van der Waals surface area contributed by atoms with Crippen LogP contribution in [-0.2, 0) is 13.1 Å². The molecule has 1 heterocycles. The number of aromatic nitrogens is 2. The van der Waals surface area contributed by atoms with E-state index in [1.165, 1.54) is 46.3 Å². The van der Waals surface area contributed by atoms with Gasteiger partial charge in [-0.15, -0.1) is 0 Å². The molecule has 3 rings (SSSR count). The minimum Gasteiger partial charge on any atom is -0.507 e. The largest absolute Gasteiger partial charge is 0.507 e. The first-order chi connectivity index (χ1) is 16.4. The van der Waals surface area contributed by atoms with Gasteiger partial charge >= 0.3 is 0 Å². The lowest BCUT2D eigenvalue weighted by molar-refractivity contribution is 0.272. The number of para-hydroxylation sites is 1. The molecule has 1 aromatic heterocycles. The van der Waals surface area contributed by atoms with E-state index in [2.05, 4.69) is 60.2 Å². The summed E-state index contributed by atoms with van der Waals surface area (Å²) in [5, 5.41) is 14.4. The molecule has 2 aromatic carbocycles. The fourth-order valence-corrected chi connectivity index (χ4v) is 4.09. The van der Waals surface area contributed by atoms with Gasteiger partial charge in [-0.25, -0.2) is 9.07 Å². The van der Waals surface area contributed by atoms with Crippen molar-refractivity contribution in [3.05, 3.63) is 76.3 Å². The maximum Gasteiger partial charge on any atom is 0.266 e. The van der Waals surface area contributed by atoms with Gasteiger partial charge in [-0.1, -0.05) is 38.0 Å². The molecule has 0 aliphatic rings. The lowest BCUT2D eigenvalue weighted by Crippen LogP contribution is -2.25. The third-order valence-corrected chi connectivity index (χ3v) is 6.01. The van der Waals surface area contributed by atoms with Crippen molar-refractivity contribution in [3.63, 3.8) is 0 Å². The van der Waals surface area contributed by atoms with Gasteiger partial charge in [0.1, 0.15) is 11.6 Å². The molecular formula is C27H35FN4O2. The van der Waals surface area contributed by atoms with Crippen LogP contribution in [0, 0.1) is 5.82 Å². The number of nitrogens with zero attached hydrogens (tertiary/aromatic N) is 4. The Morgan fingerprint density at radius 3 is 2.53 bits per heavy atom. The topological polar surface area (TPSA) is 61.6 Å². The predicted molar refractivity (Wildman–Crippen MR) is 136 cm³/mol. The minimum atomic E-state index is -0.460. The number of aryl methyl sites for hydroxylation is 1. The summed E-state index contributed by atoms with van der Waals surface area (Å²) in [5.74, 6) is -0.522. The van der Waals surface area contributed by atoms with E-state index in [9.17, 15) is 14.3 Å². The monoisotopic (exact) mass is 466 g/mol. The highest BCUT2D eigenvalue weighted by Gasteiger charge is 2.10. The Labute approximate surface area is 201 Å². The van der Waals surface area contributed by atoms with Crippen molar-refractivity contribution in [3.8, 4) is 17.0 Å². The van der Waals surface area contributed by atoms with Crippen LogP contribution in [0.25, 0.3) is 11.3 Å². The summed E-state index contributed by atoms with van der Waals surface area (Å²) in [6.45, 7) is 5.66. The summed E-state index contributed by atoms with van der Waals surface area (Å²) in [6.07, 6.45) is 4.00. The number of hydrogen-bond donors (Lipinski definition) is 1. The van der Waals surface area contributed by atoms with Crippen LogP contribution in [0.2, 0.25) is 0 Å². The molecule has 0 aliphatic carbocycles. The van der Waals surface area contributed by atoms with Gasteiger partial charge in [0.25, 0.3) is 5.56 Å². The smallest absolute Gasteiger partial charge is 0.266 e. The Hall–Kier alpha value is -3.19. The van der Waals surface area contributed by atoms with E-state index in [4.69, 9.17) is 0 Å². The SMILES string of the molecule is CCN(CCCCCCn1nc(-c2cc(F)ccc2O)ccc1=O)Cc1ccccc1N(C)C. The number of unbranched alkanes of at least 4 members (excludes halogenated alkanes) is 3. The zero-order valence-electron chi connectivity index (χ0n) is 20.4. The van der Waals surface area contributed by atoms with Crippen molar-refractivity contribution in [2.45, 2.75) is 45.7 Å². The standard InChI is InChI=1S/C27H35FN4O2/c1-4-31(20-21-11-7-8-12-25(21)30(2)3)17-9-5-6-10-18-32-27(34)16-14-24(29-32)23-19-22(28)13-15-26(23)33/h7-8,11-16,19,33H,4-6,9-10,17-18,20H2,1-3H3. The molecule has 3 aromatic rings. The Balaban J connectivity index is 1.48. The van der Waals surface area contributed by atoms with E-state index in [-0.39, 0.29) is 16.9 Å². The number of phenolic OH excluding ortho intramolecular Hbond substituents is 1. The Morgan fingerprint density at radius 2 is 1.76 bits per heavy atom. The van der Waals surface area contributed by atoms with E-state index in [1.54, 1.807) is 0 Å². The molecule has 0 saturated heterocycles. The first-order valence-corrected chi connectivity index (χ1v) is 11.9. The molecule has 34 heavy (non-hydrogen) atoms. The zero-order chi connectivity index (χ0) is 24.5. The Bertz CT molecular complexity index is 1130. The molecule has 0 spiro atoms. The number of benzene rings is 2. The molecule has 0 radical (unpaired) electrons. The van der Waals surface area contributed by atoms with Gasteiger partial charge in [-0.05, 0) is 61.8 Å². The van der Waals surface area contributed by atoms with Crippen LogP contribution < -0.4 is 10.5 Å². The van der Waals surface area contributed by atoms with Crippen molar-refractivity contribution in [1.82, 2.24) is 14.7 Å². The number of anilines is 1. The van der Waals surface area contributed by atoms with E-state index >= 15 is 0 Å². The van der Waals surface area contributed by atoms with Crippen LogP contribution in [0.15, 0.2) is 59.4 Å². The Morgan fingerprint density at radius 1 is 1.00 bits per heavy atom. The maximum absolute atomic E-state index is 13.6.